The number of nitrogens with one attached hydrogen (secondary N) is 1. The van der Waals surface area contributed by atoms with E-state index in [0.717, 1.165) is 38.4 Å². The van der Waals surface area contributed by atoms with Crippen molar-refractivity contribution >= 4 is 5.82 Å². The van der Waals surface area contributed by atoms with Crippen molar-refractivity contribution in [3.8, 4) is 0 Å². The minimum atomic E-state index is 0.919. The van der Waals surface area contributed by atoms with Gasteiger partial charge < -0.3 is 10.2 Å². The van der Waals surface area contributed by atoms with Gasteiger partial charge in [-0.2, -0.15) is 0 Å². The van der Waals surface area contributed by atoms with Gasteiger partial charge in [0.2, 0.25) is 0 Å². The summed E-state index contributed by atoms with van der Waals surface area (Å²) >= 11 is 0. The fraction of sp³-hybridized carbons (Fsp3) is 0.667. The Labute approximate surface area is 96.1 Å². The molecule has 3 rings (SSSR count). The molecule has 0 amide bonds. The van der Waals surface area contributed by atoms with E-state index in [1.807, 2.05) is 6.92 Å². The fourth-order valence-electron chi connectivity index (χ4n) is 2.64. The zero-order valence-electron chi connectivity index (χ0n) is 9.79. The van der Waals surface area contributed by atoms with E-state index < -0.39 is 0 Å². The summed E-state index contributed by atoms with van der Waals surface area (Å²) in [5, 5.41) is 3.42. The van der Waals surface area contributed by atoms with Crippen LogP contribution in [0.4, 0.5) is 5.82 Å². The fourth-order valence-corrected chi connectivity index (χ4v) is 2.64. The van der Waals surface area contributed by atoms with E-state index in [2.05, 4.69) is 20.2 Å². The third kappa shape index (κ3) is 1.67. The highest BCUT2D eigenvalue weighted by Gasteiger charge is 2.22. The Bertz CT molecular complexity index is 396. The van der Waals surface area contributed by atoms with Gasteiger partial charge in [0.1, 0.15) is 11.6 Å². The topological polar surface area (TPSA) is 41.1 Å². The largest absolute Gasteiger partial charge is 0.356 e. The molecule has 3 heterocycles. The minimum absolute atomic E-state index is 0.919. The maximum atomic E-state index is 4.64. The molecule has 0 aromatic carbocycles. The Morgan fingerprint density at radius 3 is 2.81 bits per heavy atom. The lowest BCUT2D eigenvalue weighted by Gasteiger charge is -2.25. The van der Waals surface area contributed by atoms with Gasteiger partial charge in [-0.15, -0.1) is 0 Å². The van der Waals surface area contributed by atoms with Gasteiger partial charge in [-0.3, -0.25) is 0 Å². The van der Waals surface area contributed by atoms with Crippen molar-refractivity contribution in [2.45, 2.75) is 32.7 Å². The zero-order valence-corrected chi connectivity index (χ0v) is 9.79. The second-order valence-corrected chi connectivity index (χ2v) is 4.64. The van der Waals surface area contributed by atoms with Crippen LogP contribution in [0.2, 0.25) is 0 Å². The van der Waals surface area contributed by atoms with Crippen LogP contribution in [-0.2, 0) is 13.0 Å². The van der Waals surface area contributed by atoms with Crippen LogP contribution in [0.1, 0.15) is 29.9 Å². The van der Waals surface area contributed by atoms with Gasteiger partial charge in [0.25, 0.3) is 0 Å². The van der Waals surface area contributed by atoms with Crippen LogP contribution >= 0.6 is 0 Å². The highest BCUT2D eigenvalue weighted by molar-refractivity contribution is 5.50. The average molecular weight is 218 g/mol. The maximum Gasteiger partial charge on any atom is 0.137 e. The first kappa shape index (κ1) is 10.0. The van der Waals surface area contributed by atoms with Crippen molar-refractivity contribution in [2.24, 2.45) is 0 Å². The monoisotopic (exact) mass is 218 g/mol. The van der Waals surface area contributed by atoms with Crippen molar-refractivity contribution in [1.29, 1.82) is 0 Å². The average Bonchev–Trinajstić information content (AvgIpc) is 2.81. The van der Waals surface area contributed by atoms with E-state index in [1.54, 1.807) is 0 Å². The summed E-state index contributed by atoms with van der Waals surface area (Å²) in [5.74, 6) is 2.11. The molecule has 1 fully saturated rings. The highest BCUT2D eigenvalue weighted by Crippen LogP contribution is 2.26. The predicted octanol–water partition coefficient (Wildman–Crippen LogP) is 1.03. The Hall–Kier alpha value is -1.16. The minimum Gasteiger partial charge on any atom is -0.356 e. The molecular formula is C12H18N4. The Balaban J connectivity index is 2.04. The second-order valence-electron chi connectivity index (χ2n) is 4.64. The molecule has 0 unspecified atom stereocenters. The molecule has 86 valence electrons. The van der Waals surface area contributed by atoms with Crippen molar-refractivity contribution in [1.82, 2.24) is 15.3 Å². The summed E-state index contributed by atoms with van der Waals surface area (Å²) in [7, 11) is 0. The summed E-state index contributed by atoms with van der Waals surface area (Å²) < 4.78 is 0. The molecule has 0 saturated carbocycles. The third-order valence-corrected chi connectivity index (χ3v) is 3.43. The van der Waals surface area contributed by atoms with Crippen LogP contribution in [0.15, 0.2) is 0 Å². The Morgan fingerprint density at radius 1 is 1.19 bits per heavy atom. The number of aryl methyl sites for hydroxylation is 1. The SMILES string of the molecule is Cc1nc2c(c(N3CCCC3)n1)CNCC2. The van der Waals surface area contributed by atoms with Gasteiger partial charge in [-0.05, 0) is 19.8 Å². The lowest BCUT2D eigenvalue weighted by atomic mass is 10.1. The van der Waals surface area contributed by atoms with Crippen molar-refractivity contribution in [2.75, 3.05) is 24.5 Å². The number of fused-ring (bicyclic) bond motifs is 1. The number of hydrogen-bond donors (Lipinski definition) is 1. The van der Waals surface area contributed by atoms with Crippen LogP contribution in [0.3, 0.4) is 0 Å². The summed E-state index contributed by atoms with van der Waals surface area (Å²) in [4.78, 5) is 11.6. The van der Waals surface area contributed by atoms with Crippen LogP contribution in [0.5, 0.6) is 0 Å². The summed E-state index contributed by atoms with van der Waals surface area (Å²) in [5.41, 5.74) is 2.59. The summed E-state index contributed by atoms with van der Waals surface area (Å²) in [6.45, 7) is 6.29. The van der Waals surface area contributed by atoms with E-state index in [-0.39, 0.29) is 0 Å². The summed E-state index contributed by atoms with van der Waals surface area (Å²) in [6, 6.07) is 0. The zero-order chi connectivity index (χ0) is 11.0. The van der Waals surface area contributed by atoms with Gasteiger partial charge in [0.05, 0.1) is 5.69 Å². The van der Waals surface area contributed by atoms with Crippen molar-refractivity contribution in [3.05, 3.63) is 17.1 Å². The Morgan fingerprint density at radius 2 is 2.00 bits per heavy atom. The molecule has 2 aliphatic heterocycles. The molecule has 2 aliphatic rings. The van der Waals surface area contributed by atoms with Crippen LogP contribution < -0.4 is 10.2 Å². The van der Waals surface area contributed by atoms with Crippen molar-refractivity contribution < 1.29 is 0 Å². The smallest absolute Gasteiger partial charge is 0.137 e. The van der Waals surface area contributed by atoms with Crippen molar-refractivity contribution in [3.63, 3.8) is 0 Å². The second kappa shape index (κ2) is 4.01. The molecule has 4 heteroatoms. The third-order valence-electron chi connectivity index (χ3n) is 3.43. The maximum absolute atomic E-state index is 4.64. The first-order valence-electron chi connectivity index (χ1n) is 6.16. The Kier molecular flexibility index (Phi) is 2.52. The molecule has 0 bridgehead atoms. The number of rotatable bonds is 1. The van der Waals surface area contributed by atoms with E-state index in [4.69, 9.17) is 0 Å². The standard InChI is InChI=1S/C12H18N4/c1-9-14-11-4-5-13-8-10(11)12(15-9)16-6-2-3-7-16/h13H,2-8H2,1H3. The van der Waals surface area contributed by atoms with E-state index in [1.165, 1.54) is 29.9 Å². The number of nitrogens with zero attached hydrogens (tertiary/aromatic N) is 3. The quantitative estimate of drug-likeness (QED) is 0.764. The predicted molar refractivity (Wildman–Crippen MR) is 63.6 cm³/mol. The van der Waals surface area contributed by atoms with Gasteiger partial charge in [-0.25, -0.2) is 9.97 Å². The molecule has 1 aromatic rings. The van der Waals surface area contributed by atoms with Crippen LogP contribution in [0.25, 0.3) is 0 Å². The first-order valence-corrected chi connectivity index (χ1v) is 6.16. The number of hydrogen-bond acceptors (Lipinski definition) is 4. The van der Waals surface area contributed by atoms with E-state index in [0.29, 0.717) is 0 Å². The lowest BCUT2D eigenvalue weighted by Crippen LogP contribution is -2.30. The van der Waals surface area contributed by atoms with E-state index in [9.17, 15) is 0 Å². The van der Waals surface area contributed by atoms with Gasteiger partial charge >= 0.3 is 0 Å². The lowest BCUT2D eigenvalue weighted by molar-refractivity contribution is 0.620. The highest BCUT2D eigenvalue weighted by atomic mass is 15.2. The molecule has 1 saturated heterocycles. The van der Waals surface area contributed by atoms with Gasteiger partial charge in [-0.1, -0.05) is 0 Å². The number of aromatic nitrogens is 2. The first-order chi connectivity index (χ1) is 7.84. The molecular weight excluding hydrogens is 200 g/mol. The van der Waals surface area contributed by atoms with Gasteiger partial charge in [0.15, 0.2) is 0 Å². The molecule has 1 aromatic heterocycles. The molecule has 0 aliphatic carbocycles. The molecule has 0 spiro atoms. The number of anilines is 1. The molecule has 0 radical (unpaired) electrons. The molecule has 0 atom stereocenters. The molecule has 1 N–H and O–H groups in total. The normalized spacial score (nSPS) is 19.9. The van der Waals surface area contributed by atoms with Crippen LogP contribution in [0, 0.1) is 6.92 Å². The summed E-state index contributed by atoms with van der Waals surface area (Å²) in [6.07, 6.45) is 3.63. The van der Waals surface area contributed by atoms with Crippen LogP contribution in [-0.4, -0.2) is 29.6 Å². The van der Waals surface area contributed by atoms with Gasteiger partial charge in [0, 0.05) is 38.2 Å². The molecule has 16 heavy (non-hydrogen) atoms. The molecule has 4 nitrogen and oxygen atoms in total. The van der Waals surface area contributed by atoms with E-state index >= 15 is 0 Å².